The molecule has 0 aliphatic carbocycles. The third kappa shape index (κ3) is 3.63. The van der Waals surface area contributed by atoms with Crippen molar-refractivity contribution < 1.29 is 4.79 Å². The standard InChI is InChI=1S/C27H29N5O/c1-19-28-12-14-30(19)18-22-5-2-3-7-25(22)27(33)32-23-8-9-24(32)17-20(16-23)15-21-6-4-13-31-26(21)10-11-29-31/h2-7,10-14,20,23-24H,8-9,15-18H2,1H3/t23-,24-/m0/s1. The molecule has 2 saturated heterocycles. The molecular weight excluding hydrogens is 410 g/mol. The maximum atomic E-state index is 13.8. The van der Waals surface area contributed by atoms with Gasteiger partial charge in [0.05, 0.1) is 5.52 Å². The van der Waals surface area contributed by atoms with Crippen LogP contribution in [0.4, 0.5) is 0 Å². The summed E-state index contributed by atoms with van der Waals surface area (Å²) in [6.45, 7) is 2.68. The van der Waals surface area contributed by atoms with Crippen LogP contribution in [-0.4, -0.2) is 42.1 Å². The Labute approximate surface area is 193 Å². The Morgan fingerprint density at radius 1 is 0.970 bits per heavy atom. The predicted octanol–water partition coefficient (Wildman–Crippen LogP) is 4.51. The van der Waals surface area contributed by atoms with Gasteiger partial charge < -0.3 is 9.47 Å². The first-order valence-electron chi connectivity index (χ1n) is 12.0. The number of aryl methyl sites for hydroxylation is 1. The van der Waals surface area contributed by atoms with Crippen molar-refractivity contribution >= 4 is 11.4 Å². The lowest BCUT2D eigenvalue weighted by Gasteiger charge is -2.39. The fraction of sp³-hybridized carbons (Fsp3) is 0.370. The molecule has 5 heterocycles. The Kier molecular flexibility index (Phi) is 5.01. The van der Waals surface area contributed by atoms with Crippen LogP contribution in [0.15, 0.2) is 67.3 Å². The molecule has 2 aliphatic heterocycles. The zero-order valence-electron chi connectivity index (χ0n) is 19.0. The Morgan fingerprint density at radius 3 is 2.55 bits per heavy atom. The average molecular weight is 440 g/mol. The van der Waals surface area contributed by atoms with Gasteiger partial charge in [-0.25, -0.2) is 9.50 Å². The van der Waals surface area contributed by atoms with Crippen molar-refractivity contribution in [1.29, 1.82) is 0 Å². The molecule has 0 spiro atoms. The Hall–Kier alpha value is -3.41. The maximum Gasteiger partial charge on any atom is 0.254 e. The summed E-state index contributed by atoms with van der Waals surface area (Å²) >= 11 is 0. The van der Waals surface area contributed by atoms with Crippen molar-refractivity contribution in [1.82, 2.24) is 24.1 Å². The van der Waals surface area contributed by atoms with Crippen LogP contribution in [0.2, 0.25) is 0 Å². The van der Waals surface area contributed by atoms with Gasteiger partial charge in [-0.1, -0.05) is 24.3 Å². The molecule has 4 aromatic rings. The Balaban J connectivity index is 1.21. The van der Waals surface area contributed by atoms with Crippen LogP contribution in [0.1, 0.15) is 53.0 Å². The van der Waals surface area contributed by atoms with E-state index in [9.17, 15) is 4.79 Å². The van der Waals surface area contributed by atoms with Gasteiger partial charge in [0.2, 0.25) is 0 Å². The van der Waals surface area contributed by atoms with Gasteiger partial charge in [-0.2, -0.15) is 5.10 Å². The molecule has 2 atom stereocenters. The Morgan fingerprint density at radius 2 is 1.76 bits per heavy atom. The molecule has 6 nitrogen and oxygen atoms in total. The van der Waals surface area contributed by atoms with Crippen LogP contribution < -0.4 is 0 Å². The fourth-order valence-electron chi connectivity index (χ4n) is 6.05. The smallest absolute Gasteiger partial charge is 0.254 e. The van der Waals surface area contributed by atoms with Crippen molar-refractivity contribution in [3.05, 3.63) is 89.8 Å². The number of pyridine rings is 1. The number of nitrogens with zero attached hydrogens (tertiary/aromatic N) is 5. The van der Waals surface area contributed by atoms with Crippen molar-refractivity contribution in [2.24, 2.45) is 5.92 Å². The van der Waals surface area contributed by atoms with Crippen molar-refractivity contribution in [3.63, 3.8) is 0 Å². The number of amides is 1. The van der Waals surface area contributed by atoms with Gasteiger partial charge in [0.15, 0.2) is 0 Å². The van der Waals surface area contributed by atoms with Gasteiger partial charge in [-0.3, -0.25) is 4.79 Å². The molecule has 0 saturated carbocycles. The van der Waals surface area contributed by atoms with E-state index < -0.39 is 0 Å². The predicted molar refractivity (Wildman–Crippen MR) is 127 cm³/mol. The highest BCUT2D eigenvalue weighted by Crippen LogP contribution is 2.41. The number of imidazole rings is 1. The lowest BCUT2D eigenvalue weighted by Crippen LogP contribution is -2.47. The number of carbonyl (C=O) groups excluding carboxylic acids is 1. The summed E-state index contributed by atoms with van der Waals surface area (Å²) in [6, 6.07) is 15.2. The minimum absolute atomic E-state index is 0.201. The quantitative estimate of drug-likeness (QED) is 0.460. The number of piperidine rings is 1. The van der Waals surface area contributed by atoms with Crippen LogP contribution in [0.25, 0.3) is 5.52 Å². The Bertz CT molecular complexity index is 1290. The van der Waals surface area contributed by atoms with Crippen molar-refractivity contribution in [2.45, 2.75) is 57.7 Å². The largest absolute Gasteiger partial charge is 0.333 e. The van der Waals surface area contributed by atoms with Crippen LogP contribution in [-0.2, 0) is 13.0 Å². The van der Waals surface area contributed by atoms with E-state index in [-0.39, 0.29) is 5.91 Å². The lowest BCUT2D eigenvalue weighted by atomic mass is 9.85. The van der Waals surface area contributed by atoms with Crippen molar-refractivity contribution in [3.8, 4) is 0 Å². The molecule has 0 N–H and O–H groups in total. The van der Waals surface area contributed by atoms with E-state index in [2.05, 4.69) is 43.8 Å². The molecule has 0 unspecified atom stereocenters. The highest BCUT2D eigenvalue weighted by molar-refractivity contribution is 5.96. The molecule has 2 bridgehead atoms. The van der Waals surface area contributed by atoms with E-state index in [0.29, 0.717) is 24.5 Å². The molecule has 33 heavy (non-hydrogen) atoms. The fourth-order valence-corrected chi connectivity index (χ4v) is 6.05. The van der Waals surface area contributed by atoms with E-state index in [1.165, 1.54) is 11.1 Å². The molecule has 0 radical (unpaired) electrons. The van der Waals surface area contributed by atoms with Gasteiger partial charge in [-0.15, -0.1) is 0 Å². The molecule has 1 amide bonds. The number of rotatable bonds is 5. The van der Waals surface area contributed by atoms with Gasteiger partial charge in [0.25, 0.3) is 5.91 Å². The summed E-state index contributed by atoms with van der Waals surface area (Å²) in [5.74, 6) is 1.77. The third-order valence-electron chi connectivity index (χ3n) is 7.61. The third-order valence-corrected chi connectivity index (χ3v) is 7.61. The highest BCUT2D eigenvalue weighted by Gasteiger charge is 2.43. The summed E-state index contributed by atoms with van der Waals surface area (Å²) in [4.78, 5) is 20.3. The molecule has 168 valence electrons. The number of benzene rings is 1. The molecule has 1 aromatic carbocycles. The first kappa shape index (κ1) is 20.2. The molecule has 2 fully saturated rings. The first-order chi connectivity index (χ1) is 16.2. The first-order valence-corrected chi connectivity index (χ1v) is 12.0. The normalized spacial score (nSPS) is 22.2. The molecule has 3 aromatic heterocycles. The van der Waals surface area contributed by atoms with Gasteiger partial charge in [-0.05, 0) is 74.3 Å². The van der Waals surface area contributed by atoms with Crippen LogP contribution >= 0.6 is 0 Å². The number of aromatic nitrogens is 4. The summed E-state index contributed by atoms with van der Waals surface area (Å²) in [6.07, 6.45) is 13.1. The molecule has 6 heteroatoms. The second-order valence-corrected chi connectivity index (χ2v) is 9.59. The summed E-state index contributed by atoms with van der Waals surface area (Å²) in [5, 5.41) is 4.38. The van der Waals surface area contributed by atoms with E-state index in [0.717, 1.165) is 49.1 Å². The molecule has 6 rings (SSSR count). The summed E-state index contributed by atoms with van der Waals surface area (Å²) in [5.41, 5.74) is 4.47. The van der Waals surface area contributed by atoms with E-state index in [4.69, 9.17) is 0 Å². The van der Waals surface area contributed by atoms with E-state index in [1.807, 2.05) is 54.4 Å². The number of carbonyl (C=O) groups is 1. The minimum Gasteiger partial charge on any atom is -0.333 e. The van der Waals surface area contributed by atoms with Gasteiger partial charge in [0, 0.05) is 49.0 Å². The lowest BCUT2D eigenvalue weighted by molar-refractivity contribution is 0.0523. The number of hydrogen-bond acceptors (Lipinski definition) is 3. The summed E-state index contributed by atoms with van der Waals surface area (Å²) < 4.78 is 4.06. The number of hydrogen-bond donors (Lipinski definition) is 0. The minimum atomic E-state index is 0.201. The monoisotopic (exact) mass is 439 g/mol. The average Bonchev–Trinajstić information content (AvgIpc) is 3.53. The van der Waals surface area contributed by atoms with E-state index in [1.54, 1.807) is 0 Å². The molecule has 2 aliphatic rings. The van der Waals surface area contributed by atoms with Crippen molar-refractivity contribution in [2.75, 3.05) is 0 Å². The van der Waals surface area contributed by atoms with Crippen LogP contribution in [0.3, 0.4) is 0 Å². The zero-order valence-corrected chi connectivity index (χ0v) is 19.0. The van der Waals surface area contributed by atoms with Crippen LogP contribution in [0.5, 0.6) is 0 Å². The SMILES string of the molecule is Cc1nccn1Cc1ccccc1C(=O)N1[C@H]2CC[C@H]1CC(Cc1cccn3nccc13)C2. The van der Waals surface area contributed by atoms with Crippen LogP contribution in [0, 0.1) is 12.8 Å². The second kappa shape index (κ2) is 8.18. The zero-order chi connectivity index (χ0) is 22.4. The number of fused-ring (bicyclic) bond motifs is 3. The van der Waals surface area contributed by atoms with Gasteiger partial charge >= 0.3 is 0 Å². The second-order valence-electron chi connectivity index (χ2n) is 9.59. The summed E-state index contributed by atoms with van der Waals surface area (Å²) in [7, 11) is 0. The van der Waals surface area contributed by atoms with Gasteiger partial charge in [0.1, 0.15) is 5.82 Å². The topological polar surface area (TPSA) is 55.4 Å². The molecular formula is C27H29N5O. The maximum absolute atomic E-state index is 13.8. The van der Waals surface area contributed by atoms with E-state index >= 15 is 0 Å². The highest BCUT2D eigenvalue weighted by atomic mass is 16.2.